The zero-order valence-electron chi connectivity index (χ0n) is 37.6. The summed E-state index contributed by atoms with van der Waals surface area (Å²) in [6, 6.07) is 95.0. The zero-order valence-corrected chi connectivity index (χ0v) is 37.6. The first-order chi connectivity index (χ1) is 34.3. The van der Waals surface area contributed by atoms with Crippen molar-refractivity contribution >= 4 is 71.2 Å². The summed E-state index contributed by atoms with van der Waals surface area (Å²) in [6.07, 6.45) is 0. The fourth-order valence-corrected chi connectivity index (χ4v) is 12.6. The Kier molecular flexibility index (Phi) is 8.02. The lowest BCUT2D eigenvalue weighted by molar-refractivity contribution is 0.794. The summed E-state index contributed by atoms with van der Waals surface area (Å²) in [5.74, 6) is 0. The molecular formula is C67H42N2. The fourth-order valence-electron chi connectivity index (χ4n) is 12.6. The third-order valence-corrected chi connectivity index (χ3v) is 15.4. The normalized spacial score (nSPS) is 13.0. The molecule has 1 spiro atoms. The van der Waals surface area contributed by atoms with Gasteiger partial charge in [0.05, 0.1) is 22.1 Å². The van der Waals surface area contributed by atoms with Crippen LogP contribution in [0.4, 0.5) is 17.1 Å². The van der Waals surface area contributed by atoms with Gasteiger partial charge in [0.1, 0.15) is 0 Å². The Bertz CT molecular complexity index is 4190. The van der Waals surface area contributed by atoms with E-state index in [9.17, 15) is 0 Å². The summed E-state index contributed by atoms with van der Waals surface area (Å²) >= 11 is 0. The van der Waals surface area contributed by atoms with Crippen LogP contribution in [-0.2, 0) is 5.41 Å². The van der Waals surface area contributed by atoms with E-state index in [0.717, 1.165) is 28.3 Å². The molecule has 13 aromatic rings. The van der Waals surface area contributed by atoms with Crippen molar-refractivity contribution in [2.75, 3.05) is 4.90 Å². The van der Waals surface area contributed by atoms with Crippen LogP contribution in [0.25, 0.3) is 93.2 Å². The molecule has 0 unspecified atom stereocenters. The molecule has 0 saturated heterocycles. The highest BCUT2D eigenvalue weighted by molar-refractivity contribution is 6.26. The maximum atomic E-state index is 2.54. The molecule has 0 amide bonds. The molecule has 0 N–H and O–H groups in total. The molecule has 0 atom stereocenters. The first kappa shape index (κ1) is 38.2. The first-order valence-electron chi connectivity index (χ1n) is 24.0. The van der Waals surface area contributed by atoms with Gasteiger partial charge >= 0.3 is 0 Å². The lowest BCUT2D eigenvalue weighted by Crippen LogP contribution is -2.26. The molecule has 0 bridgehead atoms. The Morgan fingerprint density at radius 3 is 1.51 bits per heavy atom. The minimum absolute atomic E-state index is 0.463. The van der Waals surface area contributed by atoms with Crippen molar-refractivity contribution in [3.05, 3.63) is 277 Å². The van der Waals surface area contributed by atoms with Crippen LogP contribution < -0.4 is 4.90 Å². The van der Waals surface area contributed by atoms with E-state index in [1.165, 1.54) is 104 Å². The smallest absolute Gasteiger partial charge is 0.0726 e. The molecule has 15 rings (SSSR count). The van der Waals surface area contributed by atoms with Crippen molar-refractivity contribution in [1.29, 1.82) is 0 Å². The Balaban J connectivity index is 0.995. The van der Waals surface area contributed by atoms with E-state index in [4.69, 9.17) is 0 Å². The topological polar surface area (TPSA) is 8.17 Å². The molecule has 1 aromatic heterocycles. The third kappa shape index (κ3) is 5.26. The van der Waals surface area contributed by atoms with Crippen LogP contribution in [0.2, 0.25) is 0 Å². The van der Waals surface area contributed by atoms with E-state index in [2.05, 4.69) is 264 Å². The summed E-state index contributed by atoms with van der Waals surface area (Å²) in [6.45, 7) is 0. The molecule has 2 heteroatoms. The number of anilines is 3. The SMILES string of the molecule is c1ccc(-n2c3ccccc3c3cc(-c4cccc(N(c5ccc6c7ccccc7c7ccccc7c6c5)c5cccc6c5-c5ccccc5C65c6ccccc6-c6ccccc65)c4)ccc32)cc1. The van der Waals surface area contributed by atoms with Gasteiger partial charge < -0.3 is 9.47 Å². The van der Waals surface area contributed by atoms with Crippen LogP contribution >= 0.6 is 0 Å². The predicted molar refractivity (Wildman–Crippen MR) is 290 cm³/mol. The van der Waals surface area contributed by atoms with Crippen molar-refractivity contribution in [2.45, 2.75) is 5.41 Å². The number of nitrogens with zero attached hydrogens (tertiary/aromatic N) is 2. The minimum Gasteiger partial charge on any atom is -0.310 e. The average Bonchev–Trinajstić information content (AvgIpc) is 4.03. The van der Waals surface area contributed by atoms with Gasteiger partial charge in [0, 0.05) is 33.4 Å². The van der Waals surface area contributed by atoms with Gasteiger partial charge in [-0.05, 0) is 143 Å². The van der Waals surface area contributed by atoms with Gasteiger partial charge in [-0.2, -0.15) is 0 Å². The monoisotopic (exact) mass is 874 g/mol. The van der Waals surface area contributed by atoms with E-state index in [1.54, 1.807) is 0 Å². The summed E-state index contributed by atoms with van der Waals surface area (Å²) < 4.78 is 2.39. The fraction of sp³-hybridized carbons (Fsp3) is 0.0149. The van der Waals surface area contributed by atoms with Gasteiger partial charge in [-0.25, -0.2) is 0 Å². The lowest BCUT2D eigenvalue weighted by atomic mass is 9.70. The Morgan fingerprint density at radius 2 is 0.797 bits per heavy atom. The minimum atomic E-state index is -0.463. The summed E-state index contributed by atoms with van der Waals surface area (Å²) in [5, 5.41) is 10.1. The standard InChI is InChI=1S/C67H42N2/c1-2-19-45(20-3-1)69-63-34-15-11-28-55(63)58-41-44(36-39-64(58)69)43-18-16-21-46(40-43)68(47-37-38-52-50-24-5-4-22-48(50)49-23-6-7-25-51(49)57(52)42-47)65-35-17-33-62-66(65)56-29-10-14-32-61(56)67(62)59-30-12-8-26-53(59)54-27-9-13-31-60(54)67/h1-42H. The van der Waals surface area contributed by atoms with Gasteiger partial charge in [0.15, 0.2) is 0 Å². The number of rotatable bonds is 5. The quantitative estimate of drug-likeness (QED) is 0.156. The molecule has 2 aliphatic carbocycles. The van der Waals surface area contributed by atoms with E-state index in [-0.39, 0.29) is 0 Å². The molecule has 0 fully saturated rings. The van der Waals surface area contributed by atoms with E-state index >= 15 is 0 Å². The summed E-state index contributed by atoms with van der Waals surface area (Å²) in [5.41, 5.74) is 19.3. The second-order valence-electron chi connectivity index (χ2n) is 18.7. The van der Waals surface area contributed by atoms with Crippen LogP contribution in [0.3, 0.4) is 0 Å². The van der Waals surface area contributed by atoms with Crippen molar-refractivity contribution in [2.24, 2.45) is 0 Å². The van der Waals surface area contributed by atoms with Crippen molar-refractivity contribution < 1.29 is 0 Å². The summed E-state index contributed by atoms with van der Waals surface area (Å²) in [7, 11) is 0. The Hall–Kier alpha value is -8.98. The number of hydrogen-bond donors (Lipinski definition) is 0. The van der Waals surface area contributed by atoms with Gasteiger partial charge in [-0.15, -0.1) is 0 Å². The predicted octanol–water partition coefficient (Wildman–Crippen LogP) is 17.7. The highest BCUT2D eigenvalue weighted by atomic mass is 15.1. The summed E-state index contributed by atoms with van der Waals surface area (Å²) in [4.78, 5) is 2.54. The third-order valence-electron chi connectivity index (χ3n) is 15.4. The molecule has 320 valence electrons. The number of para-hydroxylation sites is 2. The highest BCUT2D eigenvalue weighted by Gasteiger charge is 2.52. The molecule has 12 aromatic carbocycles. The van der Waals surface area contributed by atoms with Crippen LogP contribution in [0.5, 0.6) is 0 Å². The molecule has 0 aliphatic heterocycles. The largest absolute Gasteiger partial charge is 0.310 e. The van der Waals surface area contributed by atoms with E-state index in [1.807, 2.05) is 0 Å². The Labute approximate surface area is 400 Å². The van der Waals surface area contributed by atoms with Crippen LogP contribution in [-0.4, -0.2) is 4.57 Å². The van der Waals surface area contributed by atoms with Gasteiger partial charge in [-0.3, -0.25) is 0 Å². The average molecular weight is 875 g/mol. The second kappa shape index (κ2) is 14.5. The van der Waals surface area contributed by atoms with Crippen LogP contribution in [0.15, 0.2) is 255 Å². The maximum Gasteiger partial charge on any atom is 0.0726 e. The molecule has 69 heavy (non-hydrogen) atoms. The van der Waals surface area contributed by atoms with Crippen LogP contribution in [0, 0.1) is 0 Å². The number of benzene rings is 12. The van der Waals surface area contributed by atoms with E-state index in [0.29, 0.717) is 0 Å². The first-order valence-corrected chi connectivity index (χ1v) is 24.0. The van der Waals surface area contributed by atoms with Crippen molar-refractivity contribution in [3.63, 3.8) is 0 Å². The second-order valence-corrected chi connectivity index (χ2v) is 18.7. The van der Waals surface area contributed by atoms with Gasteiger partial charge in [-0.1, -0.05) is 194 Å². The molecule has 2 aliphatic rings. The number of hydrogen-bond acceptors (Lipinski definition) is 1. The highest BCUT2D eigenvalue weighted by Crippen LogP contribution is 2.64. The van der Waals surface area contributed by atoms with Crippen molar-refractivity contribution in [3.8, 4) is 39.1 Å². The molecular weight excluding hydrogens is 833 g/mol. The lowest BCUT2D eigenvalue weighted by Gasteiger charge is -2.32. The molecule has 0 radical (unpaired) electrons. The van der Waals surface area contributed by atoms with E-state index < -0.39 is 5.41 Å². The molecule has 1 heterocycles. The molecule has 2 nitrogen and oxygen atoms in total. The number of fused-ring (bicyclic) bond motifs is 19. The molecule has 0 saturated carbocycles. The Morgan fingerprint density at radius 1 is 0.290 bits per heavy atom. The van der Waals surface area contributed by atoms with Gasteiger partial charge in [0.25, 0.3) is 0 Å². The maximum absolute atomic E-state index is 2.54. The number of aromatic nitrogens is 1. The van der Waals surface area contributed by atoms with Crippen LogP contribution in [0.1, 0.15) is 22.3 Å². The zero-order chi connectivity index (χ0) is 45.2. The van der Waals surface area contributed by atoms with Gasteiger partial charge in [0.2, 0.25) is 0 Å². The van der Waals surface area contributed by atoms with Crippen molar-refractivity contribution in [1.82, 2.24) is 4.57 Å².